The lowest BCUT2D eigenvalue weighted by Gasteiger charge is -2.16. The SMILES string of the molecule is COCC(CNCc1ccc(/C(N)=N/O)cc1C)OC. The predicted octanol–water partition coefficient (Wildman–Crippen LogP) is 0.841. The van der Waals surface area contributed by atoms with Crippen molar-refractivity contribution in [1.82, 2.24) is 5.32 Å². The number of hydrogen-bond donors (Lipinski definition) is 3. The van der Waals surface area contributed by atoms with Gasteiger partial charge >= 0.3 is 0 Å². The third-order valence-corrected chi connectivity index (χ3v) is 3.12. The molecule has 1 unspecified atom stereocenters. The van der Waals surface area contributed by atoms with Crippen LogP contribution in [-0.4, -0.2) is 44.5 Å². The molecule has 0 aliphatic carbocycles. The summed E-state index contributed by atoms with van der Waals surface area (Å²) < 4.78 is 10.3. The van der Waals surface area contributed by atoms with Crippen LogP contribution < -0.4 is 11.1 Å². The van der Waals surface area contributed by atoms with E-state index in [1.807, 2.05) is 25.1 Å². The second kappa shape index (κ2) is 8.52. The van der Waals surface area contributed by atoms with E-state index in [1.165, 1.54) is 0 Å². The first-order chi connectivity index (χ1) is 9.62. The lowest BCUT2D eigenvalue weighted by atomic mass is 10.0. The van der Waals surface area contributed by atoms with E-state index in [0.717, 1.165) is 17.7 Å². The van der Waals surface area contributed by atoms with Crippen LogP contribution in [-0.2, 0) is 16.0 Å². The number of nitrogens with two attached hydrogens (primary N) is 1. The molecule has 0 bridgehead atoms. The highest BCUT2D eigenvalue weighted by molar-refractivity contribution is 5.97. The Bertz CT molecular complexity index is 449. The Morgan fingerprint density at radius 2 is 2.20 bits per heavy atom. The standard InChI is InChI=1S/C14H23N3O3/c1-10-6-11(14(15)17-18)4-5-12(10)7-16-8-13(20-3)9-19-2/h4-6,13,16,18H,7-9H2,1-3H3,(H2,15,17). The van der Waals surface area contributed by atoms with Crippen LogP contribution in [0.25, 0.3) is 0 Å². The van der Waals surface area contributed by atoms with Crippen LogP contribution in [0.4, 0.5) is 0 Å². The molecule has 112 valence electrons. The van der Waals surface area contributed by atoms with Gasteiger partial charge in [-0.3, -0.25) is 0 Å². The Morgan fingerprint density at radius 3 is 2.75 bits per heavy atom. The molecular formula is C14H23N3O3. The van der Waals surface area contributed by atoms with Crippen molar-refractivity contribution in [2.45, 2.75) is 19.6 Å². The van der Waals surface area contributed by atoms with E-state index >= 15 is 0 Å². The van der Waals surface area contributed by atoms with Crippen molar-refractivity contribution in [2.24, 2.45) is 10.9 Å². The first-order valence-corrected chi connectivity index (χ1v) is 6.42. The number of rotatable bonds is 8. The Kier molecular flexibility index (Phi) is 7.00. The zero-order valence-corrected chi connectivity index (χ0v) is 12.2. The fourth-order valence-electron chi connectivity index (χ4n) is 1.88. The average Bonchev–Trinajstić information content (AvgIpc) is 2.46. The van der Waals surface area contributed by atoms with Crippen molar-refractivity contribution in [1.29, 1.82) is 0 Å². The van der Waals surface area contributed by atoms with Crippen molar-refractivity contribution in [3.63, 3.8) is 0 Å². The lowest BCUT2D eigenvalue weighted by molar-refractivity contribution is 0.0288. The Morgan fingerprint density at radius 1 is 1.45 bits per heavy atom. The predicted molar refractivity (Wildman–Crippen MR) is 78.1 cm³/mol. The number of benzene rings is 1. The van der Waals surface area contributed by atoms with Gasteiger partial charge in [0.2, 0.25) is 0 Å². The van der Waals surface area contributed by atoms with Gasteiger partial charge in [-0.1, -0.05) is 17.3 Å². The van der Waals surface area contributed by atoms with Gasteiger partial charge in [0, 0.05) is 32.9 Å². The molecule has 0 spiro atoms. The second-order valence-corrected chi connectivity index (χ2v) is 4.57. The minimum absolute atomic E-state index is 0.0387. The van der Waals surface area contributed by atoms with E-state index in [-0.39, 0.29) is 11.9 Å². The maximum atomic E-state index is 8.65. The molecule has 1 rings (SSSR count). The Hall–Kier alpha value is -1.63. The average molecular weight is 281 g/mol. The van der Waals surface area contributed by atoms with Crippen LogP contribution in [0.3, 0.4) is 0 Å². The normalized spacial score (nSPS) is 13.4. The van der Waals surface area contributed by atoms with Crippen LogP contribution in [0.5, 0.6) is 0 Å². The van der Waals surface area contributed by atoms with Crippen molar-refractivity contribution >= 4 is 5.84 Å². The summed E-state index contributed by atoms with van der Waals surface area (Å²) in [6, 6.07) is 5.70. The van der Waals surface area contributed by atoms with Gasteiger partial charge in [0.05, 0.1) is 12.7 Å². The number of oxime groups is 1. The molecule has 6 nitrogen and oxygen atoms in total. The maximum Gasteiger partial charge on any atom is 0.170 e. The summed E-state index contributed by atoms with van der Waals surface area (Å²) in [6.45, 7) is 4.00. The molecule has 0 aliphatic heterocycles. The van der Waals surface area contributed by atoms with E-state index in [0.29, 0.717) is 18.7 Å². The molecule has 0 heterocycles. The van der Waals surface area contributed by atoms with Crippen LogP contribution in [0.2, 0.25) is 0 Å². The van der Waals surface area contributed by atoms with Crippen LogP contribution in [0.1, 0.15) is 16.7 Å². The summed E-state index contributed by atoms with van der Waals surface area (Å²) >= 11 is 0. The van der Waals surface area contributed by atoms with E-state index in [2.05, 4.69) is 10.5 Å². The van der Waals surface area contributed by atoms with Gasteiger partial charge in [-0.2, -0.15) is 0 Å². The highest BCUT2D eigenvalue weighted by atomic mass is 16.5. The van der Waals surface area contributed by atoms with Gasteiger partial charge in [0.25, 0.3) is 0 Å². The molecule has 0 aromatic heterocycles. The summed E-state index contributed by atoms with van der Waals surface area (Å²) in [5, 5.41) is 15.0. The number of aryl methyl sites for hydroxylation is 1. The fraction of sp³-hybridized carbons (Fsp3) is 0.500. The van der Waals surface area contributed by atoms with Crippen LogP contribution in [0.15, 0.2) is 23.4 Å². The number of nitrogens with zero attached hydrogens (tertiary/aromatic N) is 1. The smallest absolute Gasteiger partial charge is 0.170 e. The van der Waals surface area contributed by atoms with Crippen molar-refractivity contribution in [3.8, 4) is 0 Å². The number of amidine groups is 1. The van der Waals surface area contributed by atoms with E-state index < -0.39 is 0 Å². The van der Waals surface area contributed by atoms with Gasteiger partial charge in [0.1, 0.15) is 0 Å². The van der Waals surface area contributed by atoms with Gasteiger partial charge in [-0.15, -0.1) is 0 Å². The molecule has 0 fully saturated rings. The van der Waals surface area contributed by atoms with Crippen LogP contribution >= 0.6 is 0 Å². The molecule has 20 heavy (non-hydrogen) atoms. The number of nitrogens with one attached hydrogen (secondary N) is 1. The second-order valence-electron chi connectivity index (χ2n) is 4.57. The fourth-order valence-corrected chi connectivity index (χ4v) is 1.88. The monoisotopic (exact) mass is 281 g/mol. The molecule has 6 heteroatoms. The molecule has 4 N–H and O–H groups in total. The van der Waals surface area contributed by atoms with Crippen molar-refractivity contribution in [3.05, 3.63) is 34.9 Å². The summed E-state index contributed by atoms with van der Waals surface area (Å²) in [7, 11) is 3.32. The zero-order chi connectivity index (χ0) is 15.0. The van der Waals surface area contributed by atoms with E-state index in [1.54, 1.807) is 14.2 Å². The quantitative estimate of drug-likeness (QED) is 0.284. The third kappa shape index (κ3) is 4.80. The van der Waals surface area contributed by atoms with Crippen LogP contribution in [0, 0.1) is 6.92 Å². The minimum atomic E-state index is 0.0387. The molecule has 1 atom stereocenters. The minimum Gasteiger partial charge on any atom is -0.409 e. The molecule has 0 aliphatic rings. The van der Waals surface area contributed by atoms with Gasteiger partial charge in [-0.05, 0) is 24.1 Å². The molecule has 1 aromatic rings. The van der Waals surface area contributed by atoms with Crippen molar-refractivity contribution < 1.29 is 14.7 Å². The summed E-state index contributed by atoms with van der Waals surface area (Å²) in [4.78, 5) is 0. The molecular weight excluding hydrogens is 258 g/mol. The van der Waals surface area contributed by atoms with Gasteiger partial charge in [-0.25, -0.2) is 0 Å². The zero-order valence-electron chi connectivity index (χ0n) is 12.2. The van der Waals surface area contributed by atoms with Gasteiger partial charge < -0.3 is 25.7 Å². The number of methoxy groups -OCH3 is 2. The summed E-state index contributed by atoms with van der Waals surface area (Å²) in [6.07, 6.45) is 0.0387. The molecule has 0 saturated heterocycles. The van der Waals surface area contributed by atoms with E-state index in [9.17, 15) is 0 Å². The largest absolute Gasteiger partial charge is 0.409 e. The lowest BCUT2D eigenvalue weighted by Crippen LogP contribution is -2.31. The van der Waals surface area contributed by atoms with Crippen molar-refractivity contribution in [2.75, 3.05) is 27.4 Å². The maximum absolute atomic E-state index is 8.65. The molecule has 0 radical (unpaired) electrons. The molecule has 0 saturated carbocycles. The number of hydrogen-bond acceptors (Lipinski definition) is 5. The summed E-state index contributed by atoms with van der Waals surface area (Å²) in [5.41, 5.74) is 8.51. The Balaban J connectivity index is 2.56. The molecule has 1 aromatic carbocycles. The third-order valence-electron chi connectivity index (χ3n) is 3.12. The Labute approximate surface area is 119 Å². The first kappa shape index (κ1) is 16.4. The highest BCUT2D eigenvalue weighted by Gasteiger charge is 2.07. The first-order valence-electron chi connectivity index (χ1n) is 6.42. The summed E-state index contributed by atoms with van der Waals surface area (Å²) in [5.74, 6) is 0.118. The van der Waals surface area contributed by atoms with E-state index in [4.69, 9.17) is 20.4 Å². The topological polar surface area (TPSA) is 89.1 Å². The van der Waals surface area contributed by atoms with Gasteiger partial charge in [0.15, 0.2) is 5.84 Å². The number of ether oxygens (including phenoxy) is 2. The molecule has 0 amide bonds. The highest BCUT2D eigenvalue weighted by Crippen LogP contribution is 2.11.